The number of aliphatic hydroxyl groups excluding tert-OH is 4. The van der Waals surface area contributed by atoms with E-state index in [1.165, 1.54) is 31.0 Å². The summed E-state index contributed by atoms with van der Waals surface area (Å²) < 4.78 is 0. The van der Waals surface area contributed by atoms with Crippen molar-refractivity contribution in [2.24, 2.45) is 0 Å². The molecule has 0 aliphatic carbocycles. The van der Waals surface area contributed by atoms with Crippen LogP contribution in [0.2, 0.25) is 0 Å². The maximum absolute atomic E-state index is 10.6. The van der Waals surface area contributed by atoms with Crippen LogP contribution in [0.1, 0.15) is 6.42 Å². The van der Waals surface area contributed by atoms with Gasteiger partial charge in [0.1, 0.15) is 0 Å². The van der Waals surface area contributed by atoms with Gasteiger partial charge in [0.2, 0.25) is 0 Å². The van der Waals surface area contributed by atoms with Crippen molar-refractivity contribution in [3.63, 3.8) is 0 Å². The molecule has 3 aliphatic heterocycles. The van der Waals surface area contributed by atoms with Crippen LogP contribution in [0.3, 0.4) is 0 Å². The molecule has 1 atom stereocenters. The van der Waals surface area contributed by atoms with E-state index in [1.54, 1.807) is 11.8 Å². The number of benzene rings is 4. The van der Waals surface area contributed by atoms with E-state index in [4.69, 9.17) is 15.3 Å². The highest BCUT2D eigenvalue weighted by Gasteiger charge is 2.26. The highest BCUT2D eigenvalue weighted by Crippen LogP contribution is 2.49. The maximum Gasteiger partial charge on any atom is 0.0846 e. The second-order valence-corrected chi connectivity index (χ2v) is 15.2. The molecule has 4 N–H and O–H groups in total. The molecule has 1 unspecified atom stereocenters. The topological polar surface area (TPSA) is 97.1 Å². The van der Waals surface area contributed by atoms with E-state index in [0.29, 0.717) is 26.2 Å². The zero-order chi connectivity index (χ0) is 35.4. The molecule has 3 aliphatic rings. The molecule has 3 heterocycles. The fourth-order valence-electron chi connectivity index (χ4n) is 6.97. The number of para-hydroxylation sites is 4. The number of anilines is 4. The Morgan fingerprint density at radius 3 is 1.37 bits per heavy atom. The van der Waals surface area contributed by atoms with Gasteiger partial charge in [-0.3, -0.25) is 9.80 Å². The summed E-state index contributed by atoms with van der Waals surface area (Å²) in [4.78, 5) is 16.5. The smallest absolute Gasteiger partial charge is 0.0846 e. The Morgan fingerprint density at radius 2 is 0.941 bits per heavy atom. The third-order valence-electron chi connectivity index (χ3n) is 9.50. The first-order valence-corrected chi connectivity index (χ1v) is 19.7. The summed E-state index contributed by atoms with van der Waals surface area (Å²) in [5.41, 5.74) is 4.87. The van der Waals surface area contributed by atoms with Crippen molar-refractivity contribution in [2.75, 3.05) is 102 Å². The van der Waals surface area contributed by atoms with Crippen molar-refractivity contribution in [1.29, 1.82) is 0 Å². The van der Waals surface area contributed by atoms with E-state index in [0.717, 1.165) is 63.6 Å². The summed E-state index contributed by atoms with van der Waals surface area (Å²) in [6, 6.07) is 33.9. The monoisotopic (exact) mass is 729 g/mol. The van der Waals surface area contributed by atoms with E-state index in [-0.39, 0.29) is 19.8 Å². The Hall–Kier alpha value is -3.10. The summed E-state index contributed by atoms with van der Waals surface area (Å²) >= 11 is 3.62. The minimum absolute atomic E-state index is 0.0126. The number of hydrogen-bond donors (Lipinski definition) is 4. The van der Waals surface area contributed by atoms with Crippen LogP contribution in [-0.4, -0.2) is 133 Å². The quantitative estimate of drug-likeness (QED) is 0.138. The molecule has 0 amide bonds. The summed E-state index contributed by atoms with van der Waals surface area (Å²) in [6.07, 6.45) is 0.565. The zero-order valence-electron chi connectivity index (χ0n) is 29.3. The Bertz CT molecular complexity index is 1580. The molecule has 7 rings (SSSR count). The van der Waals surface area contributed by atoms with Crippen LogP contribution in [0, 0.1) is 0 Å². The highest BCUT2D eigenvalue weighted by atomic mass is 32.2. The van der Waals surface area contributed by atoms with Crippen LogP contribution >= 0.6 is 23.5 Å². The lowest BCUT2D eigenvalue weighted by atomic mass is 10.2. The van der Waals surface area contributed by atoms with Crippen LogP contribution in [0.25, 0.3) is 0 Å². The van der Waals surface area contributed by atoms with Crippen LogP contribution in [0.4, 0.5) is 22.7 Å². The molecule has 0 saturated carbocycles. The molecular formula is C40H51N5O4S2. The molecule has 0 aromatic heterocycles. The van der Waals surface area contributed by atoms with Gasteiger partial charge < -0.3 is 35.1 Å². The fourth-order valence-corrected chi connectivity index (χ4v) is 9.17. The average molecular weight is 730 g/mol. The number of fused-ring (bicyclic) bond motifs is 4. The summed E-state index contributed by atoms with van der Waals surface area (Å²) in [5.74, 6) is 0. The van der Waals surface area contributed by atoms with Crippen molar-refractivity contribution in [3.8, 4) is 0 Å². The van der Waals surface area contributed by atoms with Crippen molar-refractivity contribution >= 4 is 46.3 Å². The molecule has 1 saturated heterocycles. The van der Waals surface area contributed by atoms with E-state index in [9.17, 15) is 5.11 Å². The summed E-state index contributed by atoms with van der Waals surface area (Å²) in [5, 5.41) is 38.0. The van der Waals surface area contributed by atoms with Gasteiger partial charge in [0.15, 0.2) is 0 Å². The van der Waals surface area contributed by atoms with Crippen molar-refractivity contribution in [3.05, 3.63) is 97.1 Å². The first-order chi connectivity index (χ1) is 25.1. The third-order valence-corrected chi connectivity index (χ3v) is 11.8. The highest BCUT2D eigenvalue weighted by molar-refractivity contribution is 8.00. The lowest BCUT2D eigenvalue weighted by molar-refractivity contribution is 0.0917. The molecule has 0 bridgehead atoms. The molecule has 4 aromatic carbocycles. The first-order valence-electron chi connectivity index (χ1n) is 18.0. The molecule has 1 fully saturated rings. The van der Waals surface area contributed by atoms with Crippen molar-refractivity contribution in [2.45, 2.75) is 32.1 Å². The van der Waals surface area contributed by atoms with Crippen LogP contribution in [-0.2, 0) is 0 Å². The maximum atomic E-state index is 10.6. The molecule has 11 heteroatoms. The van der Waals surface area contributed by atoms with E-state index < -0.39 is 6.10 Å². The number of hydrogen-bond acceptors (Lipinski definition) is 11. The largest absolute Gasteiger partial charge is 0.395 e. The van der Waals surface area contributed by atoms with Gasteiger partial charge in [-0.25, -0.2) is 0 Å². The zero-order valence-corrected chi connectivity index (χ0v) is 30.9. The van der Waals surface area contributed by atoms with E-state index >= 15 is 0 Å². The Morgan fingerprint density at radius 1 is 0.529 bits per heavy atom. The molecule has 51 heavy (non-hydrogen) atoms. The third kappa shape index (κ3) is 9.87. The second kappa shape index (κ2) is 19.1. The lowest BCUT2D eigenvalue weighted by Gasteiger charge is -2.36. The predicted molar refractivity (Wildman–Crippen MR) is 209 cm³/mol. The van der Waals surface area contributed by atoms with Crippen LogP contribution in [0.5, 0.6) is 0 Å². The van der Waals surface area contributed by atoms with Gasteiger partial charge in [0.05, 0.1) is 55.2 Å². The van der Waals surface area contributed by atoms with Crippen molar-refractivity contribution in [1.82, 2.24) is 14.7 Å². The average Bonchev–Trinajstić information content (AvgIpc) is 3.16. The lowest BCUT2D eigenvalue weighted by Crippen LogP contribution is -2.47. The predicted octanol–water partition coefficient (Wildman–Crippen LogP) is 5.23. The van der Waals surface area contributed by atoms with Gasteiger partial charge in [-0.05, 0) is 61.5 Å². The first kappa shape index (κ1) is 37.7. The van der Waals surface area contributed by atoms with Gasteiger partial charge in [-0.15, -0.1) is 0 Å². The number of aliphatic hydroxyl groups is 4. The van der Waals surface area contributed by atoms with Gasteiger partial charge in [-0.2, -0.15) is 0 Å². The molecule has 4 aromatic rings. The number of rotatable bonds is 14. The Labute approximate surface area is 311 Å². The van der Waals surface area contributed by atoms with Crippen molar-refractivity contribution < 1.29 is 20.4 Å². The van der Waals surface area contributed by atoms with Gasteiger partial charge in [-0.1, -0.05) is 72.1 Å². The second-order valence-electron chi connectivity index (χ2n) is 13.0. The van der Waals surface area contributed by atoms with Crippen LogP contribution in [0.15, 0.2) is 117 Å². The normalized spacial score (nSPS) is 16.1. The molecule has 9 nitrogen and oxygen atoms in total. The van der Waals surface area contributed by atoms with Crippen LogP contribution < -0.4 is 9.80 Å². The number of nitrogens with zero attached hydrogens (tertiary/aromatic N) is 5. The summed E-state index contributed by atoms with van der Waals surface area (Å²) in [6.45, 7) is 9.44. The SMILES string of the molecule is OCCN(CCO)CC(O)CN1c2ccccc2Sc2ccccc21.OCCN1CCN(CCCN2c3ccccc3Sc3ccccc32)CC1. The Kier molecular flexibility index (Phi) is 14.1. The molecule has 0 spiro atoms. The van der Waals surface area contributed by atoms with Gasteiger partial charge in [0, 0.05) is 78.5 Å². The van der Waals surface area contributed by atoms with E-state index in [1.807, 2.05) is 40.9 Å². The Balaban J connectivity index is 0.000000176. The minimum Gasteiger partial charge on any atom is -0.395 e. The fraction of sp³-hybridized carbons (Fsp3) is 0.400. The van der Waals surface area contributed by atoms with E-state index in [2.05, 4.69) is 92.4 Å². The summed E-state index contributed by atoms with van der Waals surface area (Å²) in [7, 11) is 0. The van der Waals surface area contributed by atoms with Gasteiger partial charge >= 0.3 is 0 Å². The molecule has 272 valence electrons. The number of piperazine rings is 1. The number of β-amino-alcohol motifs (C(OH)–C–C–N with tert-alkyl or cyclic N) is 2. The molecular weight excluding hydrogens is 679 g/mol. The molecule has 0 radical (unpaired) electrons. The van der Waals surface area contributed by atoms with Gasteiger partial charge in [0.25, 0.3) is 0 Å². The minimum atomic E-state index is -0.595. The standard InChI is InChI=1S/C21H27N3OS.C19H24N2O3S/c25-17-16-23-14-12-22(13-15-23)10-5-11-24-18-6-1-3-8-20(18)26-21-9-4-2-7-19(21)24;22-11-9-20(10-12-23)13-15(24)14-21-16-5-1-3-7-18(16)25-19-8-4-2-6-17(19)21/h1-4,6-9,25H,5,10-17H2;1-8,15,22-24H,9-14H2.